The van der Waals surface area contributed by atoms with Crippen molar-refractivity contribution in [1.82, 2.24) is 5.43 Å². The third-order valence-electron chi connectivity index (χ3n) is 3.03. The van der Waals surface area contributed by atoms with Crippen LogP contribution in [0.25, 0.3) is 0 Å². The number of ether oxygens (including phenoxy) is 1. The van der Waals surface area contributed by atoms with Crippen LogP contribution in [-0.2, 0) is 0 Å². The molecule has 3 nitrogen and oxygen atoms in total. The Morgan fingerprint density at radius 2 is 1.71 bits per heavy atom. The molecule has 0 aliphatic rings. The van der Waals surface area contributed by atoms with E-state index in [0.717, 1.165) is 17.4 Å². The summed E-state index contributed by atoms with van der Waals surface area (Å²) in [6.07, 6.45) is 0.0776. The van der Waals surface area contributed by atoms with Crippen LogP contribution in [-0.4, -0.2) is 6.10 Å². The van der Waals surface area contributed by atoms with Crippen molar-refractivity contribution >= 4 is 0 Å². The zero-order valence-electron chi connectivity index (χ0n) is 11.9. The smallest absolute Gasteiger partial charge is 0.131 e. The van der Waals surface area contributed by atoms with E-state index >= 15 is 0 Å². The van der Waals surface area contributed by atoms with Gasteiger partial charge in [0.15, 0.2) is 0 Å². The van der Waals surface area contributed by atoms with Crippen molar-refractivity contribution in [3.05, 3.63) is 65.2 Å². The van der Waals surface area contributed by atoms with Gasteiger partial charge in [-0.3, -0.25) is 5.84 Å². The van der Waals surface area contributed by atoms with Gasteiger partial charge in [-0.2, -0.15) is 0 Å². The van der Waals surface area contributed by atoms with Gasteiger partial charge in [-0.15, -0.1) is 0 Å². The van der Waals surface area contributed by atoms with Crippen LogP contribution < -0.4 is 16.0 Å². The minimum Gasteiger partial charge on any atom is -0.491 e. The van der Waals surface area contributed by atoms with Crippen molar-refractivity contribution in [2.24, 2.45) is 5.84 Å². The van der Waals surface area contributed by atoms with Crippen molar-refractivity contribution in [3.8, 4) is 5.75 Å². The van der Waals surface area contributed by atoms with Crippen molar-refractivity contribution < 1.29 is 13.5 Å². The quantitative estimate of drug-likeness (QED) is 0.656. The Balaban J connectivity index is 2.28. The number of nitrogens with one attached hydrogen (secondary N) is 1. The van der Waals surface area contributed by atoms with Gasteiger partial charge >= 0.3 is 0 Å². The Bertz CT molecular complexity index is 600. The van der Waals surface area contributed by atoms with E-state index in [2.05, 4.69) is 5.43 Å². The third kappa shape index (κ3) is 3.77. The standard InChI is InChI=1S/C16H18F2N2O/c1-10(2)21-13-6-3-11(4-7-13)16(20-19)14-8-5-12(17)9-15(14)18/h3-10,16,20H,19H2,1-2H3. The summed E-state index contributed by atoms with van der Waals surface area (Å²) >= 11 is 0. The summed E-state index contributed by atoms with van der Waals surface area (Å²) in [7, 11) is 0. The van der Waals surface area contributed by atoms with E-state index in [1.807, 2.05) is 13.8 Å². The number of nitrogens with two attached hydrogens (primary N) is 1. The number of rotatable bonds is 5. The second kappa shape index (κ2) is 6.65. The zero-order chi connectivity index (χ0) is 15.4. The predicted molar refractivity (Wildman–Crippen MR) is 77.7 cm³/mol. The molecule has 21 heavy (non-hydrogen) atoms. The van der Waals surface area contributed by atoms with Crippen LogP contribution in [0.5, 0.6) is 5.75 Å². The Kier molecular flexibility index (Phi) is 4.88. The van der Waals surface area contributed by atoms with Gasteiger partial charge in [-0.1, -0.05) is 18.2 Å². The largest absolute Gasteiger partial charge is 0.491 e. The highest BCUT2D eigenvalue weighted by molar-refractivity contribution is 5.36. The summed E-state index contributed by atoms with van der Waals surface area (Å²) in [6, 6.07) is 10.1. The van der Waals surface area contributed by atoms with Crippen LogP contribution in [0.4, 0.5) is 8.78 Å². The molecule has 0 aliphatic carbocycles. The molecule has 0 saturated heterocycles. The minimum atomic E-state index is -0.638. The van der Waals surface area contributed by atoms with Gasteiger partial charge in [0.05, 0.1) is 12.1 Å². The third-order valence-corrected chi connectivity index (χ3v) is 3.03. The molecule has 2 aromatic rings. The van der Waals surface area contributed by atoms with Gasteiger partial charge in [0.25, 0.3) is 0 Å². The molecule has 112 valence electrons. The first kappa shape index (κ1) is 15.4. The van der Waals surface area contributed by atoms with E-state index in [-0.39, 0.29) is 11.7 Å². The van der Waals surface area contributed by atoms with Crippen molar-refractivity contribution in [2.45, 2.75) is 26.0 Å². The number of hydrazine groups is 1. The van der Waals surface area contributed by atoms with Crippen LogP contribution in [0.15, 0.2) is 42.5 Å². The van der Waals surface area contributed by atoms with Crippen LogP contribution in [0.3, 0.4) is 0 Å². The van der Waals surface area contributed by atoms with E-state index in [1.54, 1.807) is 24.3 Å². The topological polar surface area (TPSA) is 47.3 Å². The van der Waals surface area contributed by atoms with Crippen molar-refractivity contribution in [2.75, 3.05) is 0 Å². The van der Waals surface area contributed by atoms with Gasteiger partial charge in [0, 0.05) is 11.6 Å². The molecule has 0 aliphatic heterocycles. The van der Waals surface area contributed by atoms with Crippen LogP contribution in [0, 0.1) is 11.6 Å². The first-order valence-corrected chi connectivity index (χ1v) is 6.69. The fourth-order valence-electron chi connectivity index (χ4n) is 2.11. The normalized spacial score (nSPS) is 12.5. The highest BCUT2D eigenvalue weighted by Gasteiger charge is 2.17. The molecule has 0 heterocycles. The second-order valence-corrected chi connectivity index (χ2v) is 5.00. The highest BCUT2D eigenvalue weighted by Crippen LogP contribution is 2.26. The maximum atomic E-state index is 13.9. The van der Waals surface area contributed by atoms with Gasteiger partial charge in [0.2, 0.25) is 0 Å². The number of halogens is 2. The molecule has 1 unspecified atom stereocenters. The zero-order valence-corrected chi connectivity index (χ0v) is 11.9. The average molecular weight is 292 g/mol. The summed E-state index contributed by atoms with van der Waals surface area (Å²) in [6.45, 7) is 3.87. The fraction of sp³-hybridized carbons (Fsp3) is 0.250. The fourth-order valence-corrected chi connectivity index (χ4v) is 2.11. The van der Waals surface area contributed by atoms with E-state index in [1.165, 1.54) is 12.1 Å². The Morgan fingerprint density at radius 1 is 1.05 bits per heavy atom. The SMILES string of the molecule is CC(C)Oc1ccc(C(NN)c2ccc(F)cc2F)cc1. The molecule has 0 fully saturated rings. The Labute approximate surface area is 122 Å². The van der Waals surface area contributed by atoms with Crippen molar-refractivity contribution in [3.63, 3.8) is 0 Å². The molecular formula is C16H18F2N2O. The lowest BCUT2D eigenvalue weighted by Gasteiger charge is -2.18. The average Bonchev–Trinajstić information content (AvgIpc) is 2.43. The lowest BCUT2D eigenvalue weighted by atomic mass is 9.98. The molecular weight excluding hydrogens is 274 g/mol. The van der Waals surface area contributed by atoms with Gasteiger partial charge in [-0.05, 0) is 37.6 Å². The molecule has 2 aromatic carbocycles. The van der Waals surface area contributed by atoms with E-state index in [4.69, 9.17) is 10.6 Å². The summed E-state index contributed by atoms with van der Waals surface area (Å²) in [5.74, 6) is 4.99. The predicted octanol–water partition coefficient (Wildman–Crippen LogP) is 3.30. The molecule has 3 N–H and O–H groups in total. The lowest BCUT2D eigenvalue weighted by molar-refractivity contribution is 0.242. The van der Waals surface area contributed by atoms with E-state index < -0.39 is 17.7 Å². The van der Waals surface area contributed by atoms with Crippen LogP contribution >= 0.6 is 0 Å². The lowest BCUT2D eigenvalue weighted by Crippen LogP contribution is -2.29. The maximum absolute atomic E-state index is 13.9. The molecule has 0 amide bonds. The number of hydrogen-bond donors (Lipinski definition) is 2. The van der Waals surface area contributed by atoms with Crippen LogP contribution in [0.2, 0.25) is 0 Å². The number of benzene rings is 2. The van der Waals surface area contributed by atoms with Crippen molar-refractivity contribution in [1.29, 1.82) is 0 Å². The summed E-state index contributed by atoms with van der Waals surface area (Å²) in [4.78, 5) is 0. The first-order chi connectivity index (χ1) is 10.0. The summed E-state index contributed by atoms with van der Waals surface area (Å²) < 4.78 is 32.4. The Morgan fingerprint density at radius 3 is 2.24 bits per heavy atom. The molecule has 5 heteroatoms. The van der Waals surface area contributed by atoms with E-state index in [9.17, 15) is 8.78 Å². The summed E-state index contributed by atoms with van der Waals surface area (Å²) in [5, 5.41) is 0. The minimum absolute atomic E-state index is 0.0776. The highest BCUT2D eigenvalue weighted by atomic mass is 19.1. The van der Waals surface area contributed by atoms with Crippen LogP contribution in [0.1, 0.15) is 31.0 Å². The van der Waals surface area contributed by atoms with E-state index in [0.29, 0.717) is 0 Å². The maximum Gasteiger partial charge on any atom is 0.131 e. The molecule has 0 spiro atoms. The molecule has 1 atom stereocenters. The molecule has 2 rings (SSSR count). The molecule has 0 saturated carbocycles. The Hall–Kier alpha value is -1.98. The number of hydrogen-bond acceptors (Lipinski definition) is 3. The monoisotopic (exact) mass is 292 g/mol. The first-order valence-electron chi connectivity index (χ1n) is 6.69. The molecule has 0 radical (unpaired) electrons. The van der Waals surface area contributed by atoms with Gasteiger partial charge < -0.3 is 4.74 Å². The second-order valence-electron chi connectivity index (χ2n) is 5.00. The van der Waals surface area contributed by atoms with Gasteiger partial charge in [0.1, 0.15) is 17.4 Å². The van der Waals surface area contributed by atoms with Gasteiger partial charge in [-0.25, -0.2) is 14.2 Å². The summed E-state index contributed by atoms with van der Waals surface area (Å²) in [5.41, 5.74) is 3.60. The molecule has 0 bridgehead atoms. The molecule has 0 aromatic heterocycles.